The fourth-order valence-corrected chi connectivity index (χ4v) is 1.34. The minimum atomic E-state index is -0.281. The zero-order valence-corrected chi connectivity index (χ0v) is 9.14. The van der Waals surface area contributed by atoms with Crippen molar-refractivity contribution in [3.8, 4) is 17.7 Å². The van der Waals surface area contributed by atoms with Gasteiger partial charge in [-0.2, -0.15) is 5.26 Å². The van der Waals surface area contributed by atoms with E-state index in [-0.39, 0.29) is 11.5 Å². The summed E-state index contributed by atoms with van der Waals surface area (Å²) >= 11 is 0. The van der Waals surface area contributed by atoms with Crippen molar-refractivity contribution in [2.45, 2.75) is 6.92 Å². The monoisotopic (exact) mass is 228 g/mol. The summed E-state index contributed by atoms with van der Waals surface area (Å²) in [5.41, 5.74) is 0.778. The number of benzene rings is 1. The molecule has 0 saturated carbocycles. The second kappa shape index (κ2) is 4.62. The Morgan fingerprint density at radius 2 is 2.12 bits per heavy atom. The standard InChI is InChI=1S/C13H9FN2O/c1-9-7-11(5-6-12(9)14)17-13-4-2-3-10(8-15)16-13/h2-7H,1H3. The third-order valence-corrected chi connectivity index (χ3v) is 2.19. The van der Waals surface area contributed by atoms with Gasteiger partial charge in [0.15, 0.2) is 0 Å². The van der Waals surface area contributed by atoms with Crippen LogP contribution in [0.3, 0.4) is 0 Å². The molecule has 0 aliphatic rings. The van der Waals surface area contributed by atoms with Gasteiger partial charge in [-0.15, -0.1) is 0 Å². The first kappa shape index (κ1) is 11.1. The van der Waals surface area contributed by atoms with Crippen LogP contribution in [0.4, 0.5) is 4.39 Å². The van der Waals surface area contributed by atoms with E-state index < -0.39 is 0 Å². The number of aromatic nitrogens is 1. The van der Waals surface area contributed by atoms with Gasteiger partial charge in [0.25, 0.3) is 0 Å². The summed E-state index contributed by atoms with van der Waals surface area (Å²) in [6, 6.07) is 11.3. The van der Waals surface area contributed by atoms with Gasteiger partial charge in [-0.05, 0) is 36.8 Å². The smallest absolute Gasteiger partial charge is 0.220 e. The highest BCUT2D eigenvalue weighted by Gasteiger charge is 2.03. The van der Waals surface area contributed by atoms with E-state index in [2.05, 4.69) is 4.98 Å². The first-order chi connectivity index (χ1) is 8.19. The average Bonchev–Trinajstić information content (AvgIpc) is 2.34. The molecule has 0 amide bonds. The highest BCUT2D eigenvalue weighted by molar-refractivity contribution is 5.33. The van der Waals surface area contributed by atoms with Crippen molar-refractivity contribution in [1.29, 1.82) is 5.26 Å². The number of nitrogens with zero attached hydrogens (tertiary/aromatic N) is 2. The van der Waals surface area contributed by atoms with Crippen LogP contribution in [0.2, 0.25) is 0 Å². The van der Waals surface area contributed by atoms with E-state index in [1.165, 1.54) is 12.1 Å². The molecule has 0 saturated heterocycles. The van der Waals surface area contributed by atoms with E-state index in [0.717, 1.165) is 0 Å². The number of ether oxygens (including phenoxy) is 1. The predicted octanol–water partition coefficient (Wildman–Crippen LogP) is 3.19. The summed E-state index contributed by atoms with van der Waals surface area (Å²) in [5, 5.41) is 8.69. The van der Waals surface area contributed by atoms with Crippen molar-refractivity contribution < 1.29 is 9.13 Å². The first-order valence-electron chi connectivity index (χ1n) is 5.00. The van der Waals surface area contributed by atoms with Crippen molar-refractivity contribution in [2.75, 3.05) is 0 Å². The van der Waals surface area contributed by atoms with E-state index in [9.17, 15) is 4.39 Å². The highest BCUT2D eigenvalue weighted by Crippen LogP contribution is 2.21. The van der Waals surface area contributed by atoms with Crippen molar-refractivity contribution in [2.24, 2.45) is 0 Å². The number of rotatable bonds is 2. The van der Waals surface area contributed by atoms with Crippen LogP contribution in [0.15, 0.2) is 36.4 Å². The Bertz CT molecular complexity index is 590. The number of aryl methyl sites for hydroxylation is 1. The van der Waals surface area contributed by atoms with Gasteiger partial charge in [0.05, 0.1) is 0 Å². The maximum Gasteiger partial charge on any atom is 0.220 e. The lowest BCUT2D eigenvalue weighted by molar-refractivity contribution is 0.460. The zero-order chi connectivity index (χ0) is 12.3. The van der Waals surface area contributed by atoms with E-state index in [0.29, 0.717) is 17.2 Å². The van der Waals surface area contributed by atoms with Crippen LogP contribution in [0.25, 0.3) is 0 Å². The van der Waals surface area contributed by atoms with Gasteiger partial charge in [0.1, 0.15) is 23.3 Å². The van der Waals surface area contributed by atoms with Crippen LogP contribution in [-0.2, 0) is 0 Å². The lowest BCUT2D eigenvalue weighted by atomic mass is 10.2. The first-order valence-corrected chi connectivity index (χ1v) is 5.00. The summed E-state index contributed by atoms with van der Waals surface area (Å²) < 4.78 is 18.5. The number of nitriles is 1. The molecule has 17 heavy (non-hydrogen) atoms. The summed E-state index contributed by atoms with van der Waals surface area (Å²) in [7, 11) is 0. The molecule has 2 rings (SSSR count). The summed E-state index contributed by atoms with van der Waals surface area (Å²) in [6.07, 6.45) is 0. The quantitative estimate of drug-likeness (QED) is 0.792. The minimum absolute atomic E-state index is 0.279. The van der Waals surface area contributed by atoms with E-state index in [1.54, 1.807) is 31.2 Å². The molecule has 4 heteroatoms. The Hall–Kier alpha value is -2.41. The van der Waals surface area contributed by atoms with Gasteiger partial charge in [0, 0.05) is 6.07 Å². The van der Waals surface area contributed by atoms with E-state index >= 15 is 0 Å². The Morgan fingerprint density at radius 3 is 2.82 bits per heavy atom. The summed E-state index contributed by atoms with van der Waals surface area (Å²) in [6.45, 7) is 1.65. The van der Waals surface area contributed by atoms with Gasteiger partial charge in [0.2, 0.25) is 5.88 Å². The molecule has 2 aromatic rings. The molecule has 0 spiro atoms. The second-order valence-corrected chi connectivity index (χ2v) is 3.49. The highest BCUT2D eigenvalue weighted by atomic mass is 19.1. The van der Waals surface area contributed by atoms with Crippen LogP contribution in [0.5, 0.6) is 11.6 Å². The van der Waals surface area contributed by atoms with Crippen molar-refractivity contribution in [3.63, 3.8) is 0 Å². The third kappa shape index (κ3) is 2.58. The van der Waals surface area contributed by atoms with Crippen molar-refractivity contribution in [1.82, 2.24) is 4.98 Å². The molecule has 0 radical (unpaired) electrons. The largest absolute Gasteiger partial charge is 0.439 e. The lowest BCUT2D eigenvalue weighted by Gasteiger charge is -2.05. The van der Waals surface area contributed by atoms with Crippen LogP contribution < -0.4 is 4.74 Å². The second-order valence-electron chi connectivity index (χ2n) is 3.49. The predicted molar refractivity (Wildman–Crippen MR) is 60.2 cm³/mol. The number of pyridine rings is 1. The molecule has 3 nitrogen and oxygen atoms in total. The Labute approximate surface area is 98.1 Å². The average molecular weight is 228 g/mol. The molecule has 0 unspecified atom stereocenters. The zero-order valence-electron chi connectivity index (χ0n) is 9.14. The molecule has 1 aromatic heterocycles. The maximum absolute atomic E-state index is 13.0. The Kier molecular flexibility index (Phi) is 3.01. The molecule has 0 aliphatic heterocycles. The molecule has 84 valence electrons. The van der Waals surface area contributed by atoms with Crippen LogP contribution in [0.1, 0.15) is 11.3 Å². The number of hydrogen-bond acceptors (Lipinski definition) is 3. The topological polar surface area (TPSA) is 45.9 Å². The minimum Gasteiger partial charge on any atom is -0.439 e. The van der Waals surface area contributed by atoms with Crippen LogP contribution in [0, 0.1) is 24.1 Å². The van der Waals surface area contributed by atoms with E-state index in [1.807, 2.05) is 6.07 Å². The fraction of sp³-hybridized carbons (Fsp3) is 0.0769. The lowest BCUT2D eigenvalue weighted by Crippen LogP contribution is -1.91. The normalized spacial score (nSPS) is 9.71. The molecule has 1 heterocycles. The summed E-state index contributed by atoms with van der Waals surface area (Å²) in [5.74, 6) is 0.526. The van der Waals surface area contributed by atoms with Gasteiger partial charge in [-0.3, -0.25) is 0 Å². The summed E-state index contributed by atoms with van der Waals surface area (Å²) in [4.78, 5) is 3.96. The molecular formula is C13H9FN2O. The van der Waals surface area contributed by atoms with E-state index in [4.69, 9.17) is 10.00 Å². The molecule has 0 fully saturated rings. The van der Waals surface area contributed by atoms with Gasteiger partial charge < -0.3 is 4.74 Å². The number of hydrogen-bond donors (Lipinski definition) is 0. The van der Waals surface area contributed by atoms with Gasteiger partial charge in [-0.25, -0.2) is 9.37 Å². The fourth-order valence-electron chi connectivity index (χ4n) is 1.34. The SMILES string of the molecule is Cc1cc(Oc2cccc(C#N)n2)ccc1F. The van der Waals surface area contributed by atoms with Crippen LogP contribution in [-0.4, -0.2) is 4.98 Å². The Morgan fingerprint density at radius 1 is 1.29 bits per heavy atom. The van der Waals surface area contributed by atoms with Crippen molar-refractivity contribution >= 4 is 0 Å². The molecule has 0 bridgehead atoms. The van der Waals surface area contributed by atoms with Crippen LogP contribution >= 0.6 is 0 Å². The van der Waals surface area contributed by atoms with Gasteiger partial charge >= 0.3 is 0 Å². The van der Waals surface area contributed by atoms with Gasteiger partial charge in [-0.1, -0.05) is 6.07 Å². The molecule has 0 atom stereocenters. The number of halogens is 1. The maximum atomic E-state index is 13.0. The molecule has 1 aromatic carbocycles. The van der Waals surface area contributed by atoms with Crippen molar-refractivity contribution in [3.05, 3.63) is 53.5 Å². The Balaban J connectivity index is 2.25. The molecule has 0 aliphatic carbocycles. The third-order valence-electron chi connectivity index (χ3n) is 2.19. The molecule has 0 N–H and O–H groups in total. The molecular weight excluding hydrogens is 219 g/mol.